The fourth-order valence-electron chi connectivity index (χ4n) is 5.60. The number of aryl methyl sites for hydroxylation is 2. The van der Waals surface area contributed by atoms with Gasteiger partial charge in [-0.3, -0.25) is 9.59 Å². The zero-order valence-corrected chi connectivity index (χ0v) is 17.3. The van der Waals surface area contributed by atoms with E-state index >= 15 is 0 Å². The summed E-state index contributed by atoms with van der Waals surface area (Å²) in [6.45, 7) is 1.86. The average Bonchev–Trinajstić information content (AvgIpc) is 3.31. The molecular formula is C24H26FN3O3. The van der Waals surface area contributed by atoms with Crippen LogP contribution in [-0.4, -0.2) is 46.5 Å². The van der Waals surface area contributed by atoms with Gasteiger partial charge in [0.05, 0.1) is 6.42 Å². The second-order valence-electron chi connectivity index (χ2n) is 8.86. The third-order valence-electron chi connectivity index (χ3n) is 7.03. The number of carboxylic acids is 1. The standard InChI is InChI=1S/C24H26FN3O3/c25-20-5-1-4-16-17(11-22(30)31)18-12-28(13-19(18)23(16)20)21(29)9-8-15-7-6-14-3-2-10-26-24(14)27-15/h1,4-7,17-19H,2-3,8-13H2,(H,26,27)(H,30,31)/t17-,18?,19?/m0/s1. The SMILES string of the molecule is O=C(O)C[C@H]1c2cccc(F)c2C2CN(C(=O)CCc3ccc4c(n3)NCCC4)CC21. The van der Waals surface area contributed by atoms with E-state index in [-0.39, 0.29) is 35.9 Å². The molecule has 31 heavy (non-hydrogen) atoms. The minimum Gasteiger partial charge on any atom is -0.481 e. The van der Waals surface area contributed by atoms with Crippen molar-refractivity contribution in [3.8, 4) is 0 Å². The van der Waals surface area contributed by atoms with Crippen molar-refractivity contribution in [2.24, 2.45) is 5.92 Å². The first-order chi connectivity index (χ1) is 15.0. The van der Waals surface area contributed by atoms with Crippen molar-refractivity contribution in [1.82, 2.24) is 9.88 Å². The van der Waals surface area contributed by atoms with Gasteiger partial charge >= 0.3 is 5.97 Å². The van der Waals surface area contributed by atoms with Crippen LogP contribution in [0.4, 0.5) is 10.2 Å². The molecule has 6 nitrogen and oxygen atoms in total. The van der Waals surface area contributed by atoms with Crippen molar-refractivity contribution >= 4 is 17.7 Å². The van der Waals surface area contributed by atoms with Gasteiger partial charge < -0.3 is 15.3 Å². The van der Waals surface area contributed by atoms with E-state index in [1.807, 2.05) is 12.1 Å². The van der Waals surface area contributed by atoms with Crippen molar-refractivity contribution in [2.75, 3.05) is 25.0 Å². The predicted molar refractivity (Wildman–Crippen MR) is 114 cm³/mol. The number of aromatic nitrogens is 1. The number of aliphatic carboxylic acids is 1. The number of likely N-dealkylation sites (tertiary alicyclic amines) is 1. The number of pyridine rings is 1. The normalized spacial score (nSPS) is 23.6. The van der Waals surface area contributed by atoms with Crippen LogP contribution in [0.15, 0.2) is 30.3 Å². The van der Waals surface area contributed by atoms with Crippen LogP contribution in [0.25, 0.3) is 0 Å². The lowest BCUT2D eigenvalue weighted by molar-refractivity contribution is -0.137. The summed E-state index contributed by atoms with van der Waals surface area (Å²) in [4.78, 5) is 30.8. The lowest BCUT2D eigenvalue weighted by Crippen LogP contribution is -2.30. The second-order valence-corrected chi connectivity index (χ2v) is 8.86. The summed E-state index contributed by atoms with van der Waals surface area (Å²) in [7, 11) is 0. The van der Waals surface area contributed by atoms with Gasteiger partial charge in [-0.15, -0.1) is 0 Å². The smallest absolute Gasteiger partial charge is 0.303 e. The van der Waals surface area contributed by atoms with Crippen molar-refractivity contribution in [2.45, 2.75) is 43.9 Å². The number of nitrogens with zero attached hydrogens (tertiary/aromatic N) is 2. The van der Waals surface area contributed by atoms with E-state index in [0.717, 1.165) is 36.5 Å². The lowest BCUT2D eigenvalue weighted by Gasteiger charge is -2.21. The van der Waals surface area contributed by atoms with E-state index in [9.17, 15) is 19.1 Å². The molecule has 1 aromatic carbocycles. The summed E-state index contributed by atoms with van der Waals surface area (Å²) in [5.41, 5.74) is 3.52. The Morgan fingerprint density at radius 3 is 2.94 bits per heavy atom. The molecule has 1 aliphatic carbocycles. The molecule has 5 rings (SSSR count). The number of hydrogen-bond donors (Lipinski definition) is 2. The molecule has 1 fully saturated rings. The zero-order valence-electron chi connectivity index (χ0n) is 17.3. The Kier molecular flexibility index (Phi) is 5.12. The number of carboxylic acid groups (broad SMARTS) is 1. The van der Waals surface area contributed by atoms with Crippen LogP contribution in [0.3, 0.4) is 0 Å². The molecule has 1 amide bonds. The van der Waals surface area contributed by atoms with Crippen LogP contribution in [0.5, 0.6) is 0 Å². The number of anilines is 1. The Hall–Kier alpha value is -2.96. The molecule has 3 aliphatic rings. The van der Waals surface area contributed by atoms with Crippen LogP contribution in [-0.2, 0) is 22.4 Å². The molecule has 0 radical (unpaired) electrons. The number of halogens is 1. The van der Waals surface area contributed by atoms with Gasteiger partial charge in [-0.05, 0) is 59.9 Å². The third kappa shape index (κ3) is 3.66. The number of hydrogen-bond acceptors (Lipinski definition) is 4. The first-order valence-corrected chi connectivity index (χ1v) is 11.0. The van der Waals surface area contributed by atoms with Crippen LogP contribution in [0.1, 0.15) is 53.5 Å². The summed E-state index contributed by atoms with van der Waals surface area (Å²) in [5, 5.41) is 12.7. The first-order valence-electron chi connectivity index (χ1n) is 11.0. The van der Waals surface area contributed by atoms with Crippen molar-refractivity contribution in [1.29, 1.82) is 0 Å². The molecular weight excluding hydrogens is 397 g/mol. The fraction of sp³-hybridized carbons (Fsp3) is 0.458. The summed E-state index contributed by atoms with van der Waals surface area (Å²) >= 11 is 0. The minimum atomic E-state index is -0.891. The molecule has 1 aromatic heterocycles. The van der Waals surface area contributed by atoms with E-state index in [4.69, 9.17) is 0 Å². The molecule has 1 saturated heterocycles. The number of carbonyl (C=O) groups is 2. The van der Waals surface area contributed by atoms with Gasteiger partial charge in [0.2, 0.25) is 5.91 Å². The van der Waals surface area contributed by atoms with Gasteiger partial charge in [-0.2, -0.15) is 0 Å². The Morgan fingerprint density at radius 1 is 1.23 bits per heavy atom. The van der Waals surface area contributed by atoms with Crippen molar-refractivity contribution in [3.05, 3.63) is 58.5 Å². The van der Waals surface area contributed by atoms with E-state index < -0.39 is 5.97 Å². The van der Waals surface area contributed by atoms with Gasteiger partial charge in [-0.25, -0.2) is 9.37 Å². The van der Waals surface area contributed by atoms with Crippen LogP contribution in [0, 0.1) is 11.7 Å². The highest BCUT2D eigenvalue weighted by atomic mass is 19.1. The number of benzene rings is 1. The zero-order chi connectivity index (χ0) is 21.5. The van der Waals surface area contributed by atoms with Crippen LogP contribution >= 0.6 is 0 Å². The monoisotopic (exact) mass is 423 g/mol. The summed E-state index contributed by atoms with van der Waals surface area (Å²) in [6, 6.07) is 9.00. The number of rotatable bonds is 5. The summed E-state index contributed by atoms with van der Waals surface area (Å²) < 4.78 is 14.6. The van der Waals surface area contributed by atoms with Crippen molar-refractivity contribution < 1.29 is 19.1 Å². The highest BCUT2D eigenvalue weighted by Gasteiger charge is 2.48. The largest absolute Gasteiger partial charge is 0.481 e. The highest BCUT2D eigenvalue weighted by molar-refractivity contribution is 5.77. The maximum absolute atomic E-state index is 14.6. The van der Waals surface area contributed by atoms with E-state index in [2.05, 4.69) is 16.4 Å². The molecule has 0 spiro atoms. The number of carbonyl (C=O) groups excluding carboxylic acids is 1. The van der Waals surface area contributed by atoms with Gasteiger partial charge in [0, 0.05) is 37.7 Å². The van der Waals surface area contributed by atoms with E-state index in [1.54, 1.807) is 11.0 Å². The molecule has 7 heteroatoms. The van der Waals surface area contributed by atoms with Crippen LogP contribution in [0.2, 0.25) is 0 Å². The van der Waals surface area contributed by atoms with Crippen LogP contribution < -0.4 is 5.32 Å². The van der Waals surface area contributed by atoms with E-state index in [1.165, 1.54) is 11.6 Å². The molecule has 2 N–H and O–H groups in total. The average molecular weight is 423 g/mol. The maximum Gasteiger partial charge on any atom is 0.303 e. The quantitative estimate of drug-likeness (QED) is 0.771. The number of amides is 1. The van der Waals surface area contributed by atoms with Crippen molar-refractivity contribution in [3.63, 3.8) is 0 Å². The molecule has 3 heterocycles. The minimum absolute atomic E-state index is 0.0221. The molecule has 2 unspecified atom stereocenters. The van der Waals surface area contributed by atoms with E-state index in [0.29, 0.717) is 31.5 Å². The van der Waals surface area contributed by atoms with Gasteiger partial charge in [0.25, 0.3) is 0 Å². The van der Waals surface area contributed by atoms with Gasteiger partial charge in [0.15, 0.2) is 0 Å². The molecule has 2 aromatic rings. The van der Waals surface area contributed by atoms with Gasteiger partial charge in [0.1, 0.15) is 11.6 Å². The maximum atomic E-state index is 14.6. The topological polar surface area (TPSA) is 82.5 Å². The molecule has 162 valence electrons. The Bertz CT molecular complexity index is 1040. The molecule has 0 bridgehead atoms. The molecule has 3 atom stereocenters. The fourth-order valence-corrected chi connectivity index (χ4v) is 5.60. The number of fused-ring (bicyclic) bond motifs is 4. The third-order valence-corrected chi connectivity index (χ3v) is 7.03. The van der Waals surface area contributed by atoms with Gasteiger partial charge in [-0.1, -0.05) is 18.2 Å². The Balaban J connectivity index is 1.28. The second kappa shape index (κ2) is 7.94. The molecule has 2 aliphatic heterocycles. The summed E-state index contributed by atoms with van der Waals surface area (Å²) in [5.74, 6) is -0.657. The number of nitrogens with one attached hydrogen (secondary N) is 1. The Morgan fingerprint density at radius 2 is 2.10 bits per heavy atom. The first kappa shape index (κ1) is 20.0. The Labute approximate surface area is 180 Å². The lowest BCUT2D eigenvalue weighted by atomic mass is 9.87. The predicted octanol–water partition coefficient (Wildman–Crippen LogP) is 3.33. The summed E-state index contributed by atoms with van der Waals surface area (Å²) in [6.07, 6.45) is 3.00. The highest BCUT2D eigenvalue weighted by Crippen LogP contribution is 2.52. The molecule has 0 saturated carbocycles.